The molecule has 1 unspecified atom stereocenters. The Labute approximate surface area is 118 Å². The molecule has 0 N–H and O–H groups in total. The van der Waals surface area contributed by atoms with Gasteiger partial charge in [0.05, 0.1) is 0 Å². The number of hydrogen-bond donors (Lipinski definition) is 0. The Morgan fingerprint density at radius 2 is 2.10 bits per heavy atom. The van der Waals surface area contributed by atoms with Crippen LogP contribution in [0.3, 0.4) is 0 Å². The van der Waals surface area contributed by atoms with Crippen LogP contribution in [0.15, 0.2) is 4.52 Å². The second-order valence-electron chi connectivity index (χ2n) is 5.77. The van der Waals surface area contributed by atoms with Gasteiger partial charge in [-0.15, -0.1) is 0 Å². The number of carbonyl (C=O) groups is 1. The fraction of sp³-hybridized carbons (Fsp3) is 0.786. The molecule has 20 heavy (non-hydrogen) atoms. The first-order chi connectivity index (χ1) is 9.66. The number of amides is 1. The lowest BCUT2D eigenvalue weighted by molar-refractivity contribution is -0.135. The molecule has 0 bridgehead atoms. The zero-order valence-corrected chi connectivity index (χ0v) is 12.1. The van der Waals surface area contributed by atoms with Crippen LogP contribution in [0.25, 0.3) is 0 Å². The molecule has 3 rings (SSSR count). The highest BCUT2D eigenvalue weighted by Gasteiger charge is 2.41. The number of rotatable bonds is 3. The third-order valence-corrected chi connectivity index (χ3v) is 4.67. The van der Waals surface area contributed by atoms with E-state index in [9.17, 15) is 4.79 Å². The van der Waals surface area contributed by atoms with Crippen LogP contribution >= 0.6 is 0 Å². The Bertz CT molecular complexity index is 494. The molecule has 1 saturated heterocycles. The predicted octanol–water partition coefficient (Wildman–Crippen LogP) is 2.17. The third-order valence-electron chi connectivity index (χ3n) is 4.67. The summed E-state index contributed by atoms with van der Waals surface area (Å²) in [6, 6.07) is -0.0900. The normalized spacial score (nSPS) is 26.2. The summed E-state index contributed by atoms with van der Waals surface area (Å²) in [5.74, 6) is 1.32. The molecular formula is C14H21N3O3. The molecule has 1 aliphatic heterocycles. The van der Waals surface area contributed by atoms with Gasteiger partial charge >= 0.3 is 0 Å². The summed E-state index contributed by atoms with van der Waals surface area (Å²) in [6.45, 7) is 0. The van der Waals surface area contributed by atoms with Gasteiger partial charge in [0.2, 0.25) is 17.6 Å². The van der Waals surface area contributed by atoms with Gasteiger partial charge in [-0.05, 0) is 38.5 Å². The van der Waals surface area contributed by atoms with Gasteiger partial charge in [-0.1, -0.05) is 5.16 Å². The summed E-state index contributed by atoms with van der Waals surface area (Å²) in [5.41, 5.74) is -0.390. The molecule has 2 aliphatic rings. The van der Waals surface area contributed by atoms with Crippen LogP contribution < -0.4 is 0 Å². The van der Waals surface area contributed by atoms with Gasteiger partial charge < -0.3 is 14.2 Å². The van der Waals surface area contributed by atoms with Gasteiger partial charge in [0, 0.05) is 20.6 Å². The van der Waals surface area contributed by atoms with Gasteiger partial charge in [0.25, 0.3) is 0 Å². The van der Waals surface area contributed by atoms with Crippen molar-refractivity contribution in [2.75, 3.05) is 14.2 Å². The van der Waals surface area contributed by atoms with Gasteiger partial charge in [-0.25, -0.2) is 0 Å². The highest BCUT2D eigenvalue weighted by molar-refractivity contribution is 5.77. The highest BCUT2D eigenvalue weighted by atomic mass is 16.5. The van der Waals surface area contributed by atoms with Crippen molar-refractivity contribution < 1.29 is 14.1 Å². The van der Waals surface area contributed by atoms with E-state index in [-0.39, 0.29) is 17.6 Å². The smallest absolute Gasteiger partial charge is 0.249 e. The van der Waals surface area contributed by atoms with E-state index in [2.05, 4.69) is 10.1 Å². The van der Waals surface area contributed by atoms with Crippen molar-refractivity contribution in [3.8, 4) is 0 Å². The first-order valence-electron chi connectivity index (χ1n) is 7.31. The van der Waals surface area contributed by atoms with E-state index >= 15 is 0 Å². The van der Waals surface area contributed by atoms with E-state index < -0.39 is 0 Å². The van der Waals surface area contributed by atoms with Gasteiger partial charge in [-0.3, -0.25) is 4.79 Å². The summed E-state index contributed by atoms with van der Waals surface area (Å²) >= 11 is 0. The molecule has 6 heteroatoms. The van der Waals surface area contributed by atoms with Gasteiger partial charge in [0.1, 0.15) is 11.6 Å². The lowest BCUT2D eigenvalue weighted by Gasteiger charge is -2.29. The molecule has 0 aromatic carbocycles. The van der Waals surface area contributed by atoms with Gasteiger partial charge in [0.15, 0.2) is 0 Å². The maximum Gasteiger partial charge on any atom is 0.249 e. The van der Waals surface area contributed by atoms with Crippen LogP contribution in [0.5, 0.6) is 0 Å². The van der Waals surface area contributed by atoms with E-state index in [0.29, 0.717) is 18.1 Å². The molecule has 2 heterocycles. The van der Waals surface area contributed by atoms with Crippen LogP contribution in [0.4, 0.5) is 0 Å². The number of nitrogens with zero attached hydrogens (tertiary/aromatic N) is 3. The summed E-state index contributed by atoms with van der Waals surface area (Å²) in [6.07, 6.45) is 6.48. The van der Waals surface area contributed by atoms with Crippen molar-refractivity contribution in [3.63, 3.8) is 0 Å². The van der Waals surface area contributed by atoms with Crippen LogP contribution in [0, 0.1) is 0 Å². The molecule has 2 fully saturated rings. The summed E-state index contributed by atoms with van der Waals surface area (Å²) < 4.78 is 11.1. The second-order valence-corrected chi connectivity index (χ2v) is 5.77. The number of methoxy groups -OCH3 is 1. The number of likely N-dealkylation sites (tertiary alicyclic amines) is 1. The standard InChI is InChI=1S/C14H21N3O3/c1-17-10(6-5-7-11(17)18)12-15-13(16-20-12)14(19-2)8-3-4-9-14/h10H,3-9H2,1-2H3. The van der Waals surface area contributed by atoms with Crippen molar-refractivity contribution >= 4 is 5.91 Å². The van der Waals surface area contributed by atoms with Gasteiger partial charge in [-0.2, -0.15) is 4.98 Å². The molecule has 110 valence electrons. The highest BCUT2D eigenvalue weighted by Crippen LogP contribution is 2.41. The largest absolute Gasteiger partial charge is 0.370 e. The minimum atomic E-state index is -0.390. The Morgan fingerprint density at radius 3 is 2.80 bits per heavy atom. The number of carbonyl (C=O) groups excluding carboxylic acids is 1. The molecular weight excluding hydrogens is 258 g/mol. The average Bonchev–Trinajstić information content (AvgIpc) is 3.10. The van der Waals surface area contributed by atoms with E-state index in [1.54, 1.807) is 19.1 Å². The van der Waals surface area contributed by atoms with Crippen molar-refractivity contribution in [1.29, 1.82) is 0 Å². The fourth-order valence-electron chi connectivity index (χ4n) is 3.30. The van der Waals surface area contributed by atoms with E-state index in [1.165, 1.54) is 0 Å². The molecule has 0 radical (unpaired) electrons. The Kier molecular flexibility index (Phi) is 3.50. The predicted molar refractivity (Wildman–Crippen MR) is 70.8 cm³/mol. The number of ether oxygens (including phenoxy) is 1. The molecule has 1 aliphatic carbocycles. The maximum absolute atomic E-state index is 11.8. The quantitative estimate of drug-likeness (QED) is 0.848. The minimum absolute atomic E-state index is 0.0900. The molecule has 6 nitrogen and oxygen atoms in total. The van der Waals surface area contributed by atoms with Crippen molar-refractivity contribution in [3.05, 3.63) is 11.7 Å². The van der Waals surface area contributed by atoms with Crippen LogP contribution in [-0.2, 0) is 15.1 Å². The molecule has 1 amide bonds. The topological polar surface area (TPSA) is 68.5 Å². The molecule has 1 aromatic rings. The Hall–Kier alpha value is -1.43. The first-order valence-corrected chi connectivity index (χ1v) is 7.31. The lowest BCUT2D eigenvalue weighted by atomic mass is 10.0. The maximum atomic E-state index is 11.8. The summed E-state index contributed by atoms with van der Waals surface area (Å²) in [5, 5.41) is 4.13. The Morgan fingerprint density at radius 1 is 1.35 bits per heavy atom. The Balaban J connectivity index is 1.84. The second kappa shape index (κ2) is 5.16. The average molecular weight is 279 g/mol. The van der Waals surface area contributed by atoms with E-state index in [4.69, 9.17) is 9.26 Å². The fourth-order valence-corrected chi connectivity index (χ4v) is 3.30. The van der Waals surface area contributed by atoms with Crippen LogP contribution in [-0.4, -0.2) is 35.1 Å². The summed E-state index contributed by atoms with van der Waals surface area (Å²) in [7, 11) is 3.51. The van der Waals surface area contributed by atoms with Crippen LogP contribution in [0.2, 0.25) is 0 Å². The molecule has 1 atom stereocenters. The monoisotopic (exact) mass is 279 g/mol. The zero-order valence-electron chi connectivity index (χ0n) is 12.1. The molecule has 1 saturated carbocycles. The third kappa shape index (κ3) is 2.12. The number of hydrogen-bond acceptors (Lipinski definition) is 5. The number of aromatic nitrogens is 2. The van der Waals surface area contributed by atoms with Crippen molar-refractivity contribution in [2.45, 2.75) is 56.6 Å². The minimum Gasteiger partial charge on any atom is -0.370 e. The molecule has 0 spiro atoms. The van der Waals surface area contributed by atoms with E-state index in [1.807, 2.05) is 0 Å². The van der Waals surface area contributed by atoms with Crippen molar-refractivity contribution in [1.82, 2.24) is 15.0 Å². The SMILES string of the molecule is COC1(c2noc(C3CCCC(=O)N3C)n2)CCCC1. The van der Waals surface area contributed by atoms with Crippen molar-refractivity contribution in [2.24, 2.45) is 0 Å². The lowest BCUT2D eigenvalue weighted by Crippen LogP contribution is -2.35. The van der Waals surface area contributed by atoms with Crippen LogP contribution in [0.1, 0.15) is 62.7 Å². The zero-order chi connectivity index (χ0) is 14.2. The van der Waals surface area contributed by atoms with E-state index in [0.717, 1.165) is 38.5 Å². The summed E-state index contributed by atoms with van der Waals surface area (Å²) in [4.78, 5) is 18.0. The first kappa shape index (κ1) is 13.5. The molecule has 1 aromatic heterocycles. The number of piperidine rings is 1.